The summed E-state index contributed by atoms with van der Waals surface area (Å²) in [6, 6.07) is 4.64. The van der Waals surface area contributed by atoms with Crippen molar-refractivity contribution in [3.05, 3.63) is 58.4 Å². The Balaban J connectivity index is 1.92. The number of carbonyl (C=O) groups is 1. The molecule has 1 aliphatic rings. The van der Waals surface area contributed by atoms with Crippen LogP contribution in [0.2, 0.25) is 5.02 Å². The monoisotopic (exact) mass is 563 g/mol. The molecule has 3 rings (SSSR count). The first kappa shape index (κ1) is 29.4. The first-order valence-corrected chi connectivity index (χ1v) is 13.6. The molecule has 6 atom stereocenters. The average Bonchev–Trinajstić information content (AvgIpc) is 2.83. The van der Waals surface area contributed by atoms with Crippen LogP contribution in [0, 0.1) is 29.3 Å². The summed E-state index contributed by atoms with van der Waals surface area (Å²) < 4.78 is 67.5. The third kappa shape index (κ3) is 5.51. The summed E-state index contributed by atoms with van der Waals surface area (Å²) in [6.45, 7) is 4.68. The second-order valence-electron chi connectivity index (χ2n) is 9.57. The van der Waals surface area contributed by atoms with Gasteiger partial charge in [-0.25, -0.2) is 21.6 Å². The molecule has 204 valence electrons. The number of benzene rings is 2. The number of amides is 1. The van der Waals surface area contributed by atoms with E-state index in [1.165, 1.54) is 19.1 Å². The smallest absolute Gasteiger partial charge is 0.255 e. The summed E-state index contributed by atoms with van der Waals surface area (Å²) in [7, 11) is -4.15. The van der Waals surface area contributed by atoms with Crippen molar-refractivity contribution in [1.82, 2.24) is 0 Å². The van der Waals surface area contributed by atoms with Crippen molar-refractivity contribution in [2.24, 2.45) is 11.8 Å². The molecule has 0 bridgehead atoms. The zero-order chi connectivity index (χ0) is 27.9. The van der Waals surface area contributed by atoms with Gasteiger partial charge in [-0.2, -0.15) is 0 Å². The van der Waals surface area contributed by atoms with Crippen molar-refractivity contribution in [2.45, 2.75) is 68.0 Å². The van der Waals surface area contributed by atoms with Crippen LogP contribution in [0.1, 0.15) is 50.4 Å². The van der Waals surface area contributed by atoms with E-state index in [4.69, 9.17) is 11.6 Å². The number of aliphatic hydroxyl groups excluding tert-OH is 2. The fourth-order valence-electron chi connectivity index (χ4n) is 5.13. The zero-order valence-corrected chi connectivity index (χ0v) is 22.0. The van der Waals surface area contributed by atoms with E-state index in [1.54, 1.807) is 13.8 Å². The van der Waals surface area contributed by atoms with E-state index in [0.29, 0.717) is 18.6 Å². The Hall–Kier alpha value is -2.18. The van der Waals surface area contributed by atoms with Crippen LogP contribution in [-0.4, -0.2) is 52.7 Å². The van der Waals surface area contributed by atoms with Gasteiger partial charge in [-0.15, -0.1) is 0 Å². The highest BCUT2D eigenvalue weighted by Gasteiger charge is 2.54. The maximum absolute atomic E-state index is 13.6. The molecule has 0 radical (unpaired) electrons. The van der Waals surface area contributed by atoms with Gasteiger partial charge in [0.15, 0.2) is 27.3 Å². The SMILES string of the molecule is CC[C@@H]1C[C@@H](S(=O)(=O)c2cc(C(=O)Nc3cc(F)c(F)c(F)c3)ccc2Cl)C[C@H](C)[C@@]1(O)[C@H](O)[C@@H](C)O. The largest absolute Gasteiger partial charge is 0.391 e. The standard InChI is InChI=1S/C25H29ClF3NO6S/c1-4-15-9-17(7-12(2)25(15,34)23(32)13(3)31)37(35,36)21-8-14(5-6-18(21)26)24(33)30-16-10-19(27)22(29)20(28)11-16/h5-6,8,10-13,15,17,23,31-32,34H,4,7,9H2,1-3H3,(H,30,33)/t12-,13+,15+,17-,23+,25-/m0/s1. The summed E-state index contributed by atoms with van der Waals surface area (Å²) in [4.78, 5) is 12.3. The molecule has 0 aliphatic heterocycles. The first-order valence-electron chi connectivity index (χ1n) is 11.7. The van der Waals surface area contributed by atoms with Gasteiger partial charge in [-0.1, -0.05) is 31.9 Å². The van der Waals surface area contributed by atoms with Gasteiger partial charge in [0.05, 0.1) is 26.9 Å². The number of hydrogen-bond donors (Lipinski definition) is 4. The highest BCUT2D eigenvalue weighted by atomic mass is 35.5. The quantitative estimate of drug-likeness (QED) is 0.376. The van der Waals surface area contributed by atoms with Crippen LogP contribution in [0.3, 0.4) is 0 Å². The summed E-state index contributed by atoms with van der Waals surface area (Å²) in [5.74, 6) is -6.98. The van der Waals surface area contributed by atoms with Crippen molar-refractivity contribution >= 4 is 33.0 Å². The minimum Gasteiger partial charge on any atom is -0.391 e. The lowest BCUT2D eigenvalue weighted by atomic mass is 9.64. The van der Waals surface area contributed by atoms with E-state index in [0.717, 1.165) is 6.07 Å². The minimum absolute atomic E-state index is 0.0235. The Morgan fingerprint density at radius 2 is 1.76 bits per heavy atom. The van der Waals surface area contributed by atoms with Crippen molar-refractivity contribution in [3.8, 4) is 0 Å². The predicted molar refractivity (Wildman–Crippen MR) is 132 cm³/mol. The Morgan fingerprint density at radius 3 is 2.30 bits per heavy atom. The molecule has 2 aromatic rings. The van der Waals surface area contributed by atoms with Gasteiger partial charge in [0, 0.05) is 23.4 Å². The fraction of sp³-hybridized carbons (Fsp3) is 0.480. The summed E-state index contributed by atoms with van der Waals surface area (Å²) in [5, 5.41) is 32.7. The second kappa shape index (κ2) is 10.9. The number of carbonyl (C=O) groups excluding carboxylic acids is 1. The van der Waals surface area contributed by atoms with Gasteiger partial charge < -0.3 is 20.6 Å². The van der Waals surface area contributed by atoms with Gasteiger partial charge in [0.1, 0.15) is 6.10 Å². The fourth-order valence-corrected chi connectivity index (χ4v) is 7.59. The minimum atomic E-state index is -4.15. The molecule has 0 aromatic heterocycles. The van der Waals surface area contributed by atoms with Gasteiger partial charge >= 0.3 is 0 Å². The highest BCUT2D eigenvalue weighted by molar-refractivity contribution is 7.92. The number of nitrogens with one attached hydrogen (secondary N) is 1. The molecular formula is C25H29ClF3NO6S. The first-order chi connectivity index (χ1) is 17.1. The molecule has 1 amide bonds. The van der Waals surface area contributed by atoms with E-state index in [1.807, 2.05) is 0 Å². The molecule has 1 saturated carbocycles. The number of sulfone groups is 1. The van der Waals surface area contributed by atoms with E-state index >= 15 is 0 Å². The molecule has 0 unspecified atom stereocenters. The second-order valence-corrected chi connectivity index (χ2v) is 12.2. The van der Waals surface area contributed by atoms with Gasteiger partial charge in [0.25, 0.3) is 5.91 Å². The summed E-state index contributed by atoms with van der Waals surface area (Å²) >= 11 is 6.20. The van der Waals surface area contributed by atoms with Crippen LogP contribution in [0.15, 0.2) is 35.2 Å². The van der Waals surface area contributed by atoms with Crippen molar-refractivity contribution in [1.29, 1.82) is 0 Å². The Morgan fingerprint density at radius 1 is 1.16 bits per heavy atom. The normalized spacial score (nSPS) is 25.9. The molecule has 1 fully saturated rings. The third-order valence-corrected chi connectivity index (χ3v) is 9.87. The Labute approximate surface area is 218 Å². The molecule has 2 aromatic carbocycles. The van der Waals surface area contributed by atoms with Crippen LogP contribution < -0.4 is 5.32 Å². The lowest BCUT2D eigenvalue weighted by Crippen LogP contribution is -2.61. The van der Waals surface area contributed by atoms with Crippen molar-refractivity contribution in [3.63, 3.8) is 0 Å². The lowest BCUT2D eigenvalue weighted by molar-refractivity contribution is -0.190. The molecule has 1 aliphatic carbocycles. The average molecular weight is 564 g/mol. The number of anilines is 1. The van der Waals surface area contributed by atoms with Gasteiger partial charge in [-0.05, 0) is 49.8 Å². The number of rotatable bonds is 7. The maximum atomic E-state index is 13.6. The zero-order valence-electron chi connectivity index (χ0n) is 20.4. The topological polar surface area (TPSA) is 124 Å². The predicted octanol–water partition coefficient (Wildman–Crippen LogP) is 4.08. The molecule has 0 heterocycles. The molecule has 4 N–H and O–H groups in total. The maximum Gasteiger partial charge on any atom is 0.255 e. The van der Waals surface area contributed by atoms with E-state index in [2.05, 4.69) is 5.32 Å². The lowest BCUT2D eigenvalue weighted by Gasteiger charge is -2.50. The van der Waals surface area contributed by atoms with Crippen LogP contribution in [0.5, 0.6) is 0 Å². The molecule has 7 nitrogen and oxygen atoms in total. The number of hydrogen-bond acceptors (Lipinski definition) is 6. The van der Waals surface area contributed by atoms with Gasteiger partial charge in [0.2, 0.25) is 0 Å². The third-order valence-electron chi connectivity index (χ3n) is 7.21. The van der Waals surface area contributed by atoms with Gasteiger partial charge in [-0.3, -0.25) is 4.79 Å². The molecule has 0 saturated heterocycles. The van der Waals surface area contributed by atoms with E-state index < -0.39 is 68.1 Å². The molecular weight excluding hydrogens is 535 g/mol. The van der Waals surface area contributed by atoms with Crippen LogP contribution >= 0.6 is 11.6 Å². The van der Waals surface area contributed by atoms with Crippen LogP contribution in [-0.2, 0) is 9.84 Å². The van der Waals surface area contributed by atoms with Crippen LogP contribution in [0.4, 0.5) is 18.9 Å². The Bertz CT molecular complexity index is 1270. The Kier molecular flexibility index (Phi) is 8.65. The number of halogens is 4. The molecule has 12 heteroatoms. The highest BCUT2D eigenvalue weighted by Crippen LogP contribution is 2.46. The van der Waals surface area contributed by atoms with Crippen molar-refractivity contribution < 1.29 is 41.7 Å². The van der Waals surface area contributed by atoms with E-state index in [-0.39, 0.29) is 34.0 Å². The summed E-state index contributed by atoms with van der Waals surface area (Å²) in [6.07, 6.45) is -2.45. The van der Waals surface area contributed by atoms with Crippen molar-refractivity contribution in [2.75, 3.05) is 5.32 Å². The van der Waals surface area contributed by atoms with Crippen LogP contribution in [0.25, 0.3) is 0 Å². The molecule has 0 spiro atoms. The van der Waals surface area contributed by atoms with E-state index in [9.17, 15) is 41.7 Å². The number of aliphatic hydroxyl groups is 3. The molecule has 37 heavy (non-hydrogen) atoms. The summed E-state index contributed by atoms with van der Waals surface area (Å²) in [5.41, 5.74) is -2.26.